The zero-order chi connectivity index (χ0) is 22.8. The molecule has 2 amide bonds. The van der Waals surface area contributed by atoms with Crippen LogP contribution in [0.25, 0.3) is 0 Å². The van der Waals surface area contributed by atoms with Gasteiger partial charge in [0.05, 0.1) is 24.3 Å². The van der Waals surface area contributed by atoms with Crippen molar-refractivity contribution in [2.75, 3.05) is 14.1 Å². The Balaban J connectivity index is 0.000000300. The Hall–Kier alpha value is -2.70. The lowest BCUT2D eigenvalue weighted by Crippen LogP contribution is -2.37. The second-order valence-electron chi connectivity index (χ2n) is 7.45. The molecule has 30 heavy (non-hydrogen) atoms. The number of likely N-dealkylation sites (N-methyl/N-ethyl adjacent to an activating group) is 2. The highest BCUT2D eigenvalue weighted by Crippen LogP contribution is 2.20. The quantitative estimate of drug-likeness (QED) is 0.761. The van der Waals surface area contributed by atoms with E-state index in [4.69, 9.17) is 0 Å². The minimum atomic E-state index is -0.639. The first-order chi connectivity index (χ1) is 14.1. The Bertz CT molecular complexity index is 715. The average Bonchev–Trinajstić information content (AvgIpc) is 2.77. The molecule has 1 unspecified atom stereocenters. The van der Waals surface area contributed by atoms with Gasteiger partial charge in [-0.1, -0.05) is 60.7 Å². The van der Waals surface area contributed by atoms with E-state index in [9.17, 15) is 19.8 Å². The fraction of sp³-hybridized carbons (Fsp3) is 0.417. The maximum atomic E-state index is 11.1. The van der Waals surface area contributed by atoms with Gasteiger partial charge in [0.25, 0.3) is 0 Å². The number of carbonyl (C=O) groups is 2. The number of hydrogen-bond acceptors (Lipinski definition) is 4. The summed E-state index contributed by atoms with van der Waals surface area (Å²) in [4.78, 5) is 25.4. The molecule has 0 fully saturated rings. The molecule has 0 heterocycles. The molecular formula is C24H34N2O4. The predicted octanol–water partition coefficient (Wildman–Crippen LogP) is 3.17. The summed E-state index contributed by atoms with van der Waals surface area (Å²) in [5, 5.41) is 20.0. The van der Waals surface area contributed by atoms with Crippen molar-refractivity contribution in [3.8, 4) is 0 Å². The maximum absolute atomic E-state index is 11.1. The van der Waals surface area contributed by atoms with E-state index in [2.05, 4.69) is 0 Å². The molecule has 0 aliphatic rings. The van der Waals surface area contributed by atoms with Crippen LogP contribution in [-0.2, 0) is 9.59 Å². The summed E-state index contributed by atoms with van der Waals surface area (Å²) in [6, 6.07) is 18.3. The van der Waals surface area contributed by atoms with E-state index >= 15 is 0 Å². The van der Waals surface area contributed by atoms with E-state index in [0.717, 1.165) is 11.1 Å². The first-order valence-corrected chi connectivity index (χ1v) is 10.0. The molecule has 2 aromatic rings. The molecule has 0 aliphatic carbocycles. The number of rotatable bonds is 6. The molecule has 6 nitrogen and oxygen atoms in total. The number of aliphatic hydroxyl groups is 2. The van der Waals surface area contributed by atoms with Crippen molar-refractivity contribution in [2.24, 2.45) is 0 Å². The van der Waals surface area contributed by atoms with Gasteiger partial charge < -0.3 is 20.0 Å². The fourth-order valence-electron chi connectivity index (χ4n) is 2.85. The molecule has 4 atom stereocenters. The average molecular weight is 415 g/mol. The van der Waals surface area contributed by atoms with Crippen molar-refractivity contribution >= 4 is 11.8 Å². The highest BCUT2D eigenvalue weighted by atomic mass is 16.3. The Labute approximate surface area is 179 Å². The maximum Gasteiger partial charge on any atom is 0.219 e. The molecule has 2 rings (SSSR count). The molecule has 0 aliphatic heterocycles. The lowest BCUT2D eigenvalue weighted by atomic mass is 10.0. The second-order valence-corrected chi connectivity index (χ2v) is 7.45. The van der Waals surface area contributed by atoms with E-state index in [0.29, 0.717) is 0 Å². The molecule has 2 aromatic carbocycles. The van der Waals surface area contributed by atoms with Gasteiger partial charge >= 0.3 is 0 Å². The van der Waals surface area contributed by atoms with E-state index in [1.54, 1.807) is 14.1 Å². The Morgan fingerprint density at radius 2 is 0.933 bits per heavy atom. The van der Waals surface area contributed by atoms with Crippen LogP contribution in [0, 0.1) is 0 Å². The van der Waals surface area contributed by atoms with Crippen molar-refractivity contribution in [3.63, 3.8) is 0 Å². The van der Waals surface area contributed by atoms with Crippen LogP contribution < -0.4 is 0 Å². The molecule has 0 saturated carbocycles. The SMILES string of the molecule is CC(=O)N(C)[C@@H](C)[C@H](O)c1ccccc1.CC(=O)N(C)[C@H](C)C(O)c1ccccc1. The Morgan fingerprint density at radius 3 is 1.17 bits per heavy atom. The first-order valence-electron chi connectivity index (χ1n) is 10.0. The zero-order valence-corrected chi connectivity index (χ0v) is 18.7. The zero-order valence-electron chi connectivity index (χ0n) is 18.7. The standard InChI is InChI=1S/2C12H17NO2/c2*1-9(13(3)10(2)14)12(15)11-7-5-4-6-8-11/h2*4-9,12,15H,1-3H3/t9-,12?;9-,12-/m10/s1. The summed E-state index contributed by atoms with van der Waals surface area (Å²) < 4.78 is 0. The van der Waals surface area contributed by atoms with E-state index < -0.39 is 12.2 Å². The second kappa shape index (κ2) is 12.1. The van der Waals surface area contributed by atoms with Crippen LogP contribution in [0.15, 0.2) is 60.7 Å². The van der Waals surface area contributed by atoms with Crippen LogP contribution in [-0.4, -0.2) is 58.0 Å². The third-order valence-corrected chi connectivity index (χ3v) is 5.41. The number of amides is 2. The minimum Gasteiger partial charge on any atom is -0.386 e. The lowest BCUT2D eigenvalue weighted by molar-refractivity contribution is -0.132. The number of carbonyl (C=O) groups excluding carboxylic acids is 2. The first kappa shape index (κ1) is 25.3. The van der Waals surface area contributed by atoms with Crippen molar-refractivity contribution < 1.29 is 19.8 Å². The van der Waals surface area contributed by atoms with Gasteiger partial charge in [-0.15, -0.1) is 0 Å². The molecule has 0 radical (unpaired) electrons. The smallest absolute Gasteiger partial charge is 0.219 e. The Morgan fingerprint density at radius 1 is 0.667 bits per heavy atom. The van der Waals surface area contributed by atoms with Gasteiger partial charge in [0.15, 0.2) is 0 Å². The summed E-state index contributed by atoms with van der Waals surface area (Å²) in [6.07, 6.45) is -1.28. The summed E-state index contributed by atoms with van der Waals surface area (Å²) in [5.41, 5.74) is 1.66. The van der Waals surface area contributed by atoms with E-state index in [1.807, 2.05) is 74.5 Å². The van der Waals surface area contributed by atoms with Gasteiger partial charge in [0.2, 0.25) is 11.8 Å². The normalized spacial score (nSPS) is 14.4. The van der Waals surface area contributed by atoms with Crippen LogP contribution >= 0.6 is 0 Å². The number of nitrogens with zero attached hydrogens (tertiary/aromatic N) is 2. The van der Waals surface area contributed by atoms with Crippen molar-refractivity contribution in [2.45, 2.75) is 52.0 Å². The molecule has 0 aromatic heterocycles. The van der Waals surface area contributed by atoms with Gasteiger partial charge in [-0.3, -0.25) is 9.59 Å². The van der Waals surface area contributed by atoms with Crippen LogP contribution in [0.3, 0.4) is 0 Å². The highest BCUT2D eigenvalue weighted by molar-refractivity contribution is 5.73. The Kier molecular flexibility index (Phi) is 10.2. The van der Waals surface area contributed by atoms with Crippen molar-refractivity contribution in [1.29, 1.82) is 0 Å². The lowest BCUT2D eigenvalue weighted by Gasteiger charge is -2.28. The summed E-state index contributed by atoms with van der Waals surface area (Å²) in [7, 11) is 3.39. The third kappa shape index (κ3) is 7.28. The molecule has 0 saturated heterocycles. The molecule has 0 bridgehead atoms. The third-order valence-electron chi connectivity index (χ3n) is 5.41. The van der Waals surface area contributed by atoms with Crippen LogP contribution in [0.1, 0.15) is 51.0 Å². The van der Waals surface area contributed by atoms with Gasteiger partial charge in [0.1, 0.15) is 0 Å². The van der Waals surface area contributed by atoms with Gasteiger partial charge in [0, 0.05) is 27.9 Å². The monoisotopic (exact) mass is 414 g/mol. The number of hydrogen-bond donors (Lipinski definition) is 2. The van der Waals surface area contributed by atoms with Crippen molar-refractivity contribution in [1.82, 2.24) is 9.80 Å². The van der Waals surface area contributed by atoms with Crippen molar-refractivity contribution in [3.05, 3.63) is 71.8 Å². The molecule has 164 valence electrons. The number of aliphatic hydroxyl groups excluding tert-OH is 2. The van der Waals surface area contributed by atoms with E-state index in [-0.39, 0.29) is 23.9 Å². The summed E-state index contributed by atoms with van der Waals surface area (Å²) in [6.45, 7) is 6.65. The summed E-state index contributed by atoms with van der Waals surface area (Å²) in [5.74, 6) is -0.0880. The van der Waals surface area contributed by atoms with Crippen LogP contribution in [0.2, 0.25) is 0 Å². The van der Waals surface area contributed by atoms with Gasteiger partial charge in [-0.25, -0.2) is 0 Å². The molecular weight excluding hydrogens is 380 g/mol. The van der Waals surface area contributed by atoms with Crippen LogP contribution in [0.4, 0.5) is 0 Å². The number of benzene rings is 2. The molecule has 6 heteroatoms. The summed E-state index contributed by atoms with van der Waals surface area (Å²) >= 11 is 0. The topological polar surface area (TPSA) is 81.1 Å². The highest BCUT2D eigenvalue weighted by Gasteiger charge is 2.22. The fourth-order valence-corrected chi connectivity index (χ4v) is 2.85. The predicted molar refractivity (Wildman–Crippen MR) is 119 cm³/mol. The molecule has 0 spiro atoms. The molecule has 2 N–H and O–H groups in total. The van der Waals surface area contributed by atoms with Gasteiger partial charge in [-0.2, -0.15) is 0 Å². The largest absolute Gasteiger partial charge is 0.386 e. The van der Waals surface area contributed by atoms with E-state index in [1.165, 1.54) is 23.6 Å². The van der Waals surface area contributed by atoms with Gasteiger partial charge in [-0.05, 0) is 25.0 Å². The minimum absolute atomic E-state index is 0.0440. The van der Waals surface area contributed by atoms with Crippen LogP contribution in [0.5, 0.6) is 0 Å².